The monoisotopic (exact) mass is 273 g/mol. The van der Waals surface area contributed by atoms with Crippen molar-refractivity contribution in [3.8, 4) is 5.75 Å². The largest absolute Gasteiger partial charge is 0.486 e. The van der Waals surface area contributed by atoms with Gasteiger partial charge in [-0.3, -0.25) is 0 Å². The maximum atomic E-state index is 5.69. The first-order valence-corrected chi connectivity index (χ1v) is 7.34. The van der Waals surface area contributed by atoms with Crippen LogP contribution in [-0.4, -0.2) is 17.0 Å². The summed E-state index contributed by atoms with van der Waals surface area (Å²) in [6.45, 7) is 0.399. The molecule has 0 aliphatic carbocycles. The van der Waals surface area contributed by atoms with Gasteiger partial charge < -0.3 is 10.1 Å². The SMILES string of the molecule is CNc1nc(COc2ccccc2)nc2c1CSC2. The van der Waals surface area contributed by atoms with Crippen LogP contribution in [0.25, 0.3) is 0 Å². The van der Waals surface area contributed by atoms with Crippen molar-refractivity contribution >= 4 is 17.6 Å². The first kappa shape index (κ1) is 12.3. The quantitative estimate of drug-likeness (QED) is 0.928. The van der Waals surface area contributed by atoms with E-state index in [1.54, 1.807) is 0 Å². The van der Waals surface area contributed by atoms with Crippen LogP contribution in [0.15, 0.2) is 30.3 Å². The van der Waals surface area contributed by atoms with Crippen molar-refractivity contribution < 1.29 is 4.74 Å². The summed E-state index contributed by atoms with van der Waals surface area (Å²) in [5.41, 5.74) is 2.37. The molecule has 4 nitrogen and oxygen atoms in total. The molecule has 0 saturated carbocycles. The predicted molar refractivity (Wildman–Crippen MR) is 77.4 cm³/mol. The highest BCUT2D eigenvalue weighted by Gasteiger charge is 2.19. The molecule has 1 N–H and O–H groups in total. The smallest absolute Gasteiger partial charge is 0.168 e. The van der Waals surface area contributed by atoms with Crippen LogP contribution in [-0.2, 0) is 18.1 Å². The number of aromatic nitrogens is 2. The Balaban J connectivity index is 1.78. The zero-order chi connectivity index (χ0) is 13.1. The Bertz CT molecular complexity index is 574. The second-order valence-corrected chi connectivity index (χ2v) is 5.24. The summed E-state index contributed by atoms with van der Waals surface area (Å²) in [4.78, 5) is 9.10. The fourth-order valence-corrected chi connectivity index (χ4v) is 3.08. The van der Waals surface area contributed by atoms with Crippen LogP contribution in [0.2, 0.25) is 0 Å². The van der Waals surface area contributed by atoms with E-state index in [1.807, 2.05) is 49.1 Å². The Hall–Kier alpha value is -1.75. The van der Waals surface area contributed by atoms with E-state index >= 15 is 0 Å². The lowest BCUT2D eigenvalue weighted by molar-refractivity contribution is 0.295. The highest BCUT2D eigenvalue weighted by molar-refractivity contribution is 7.98. The summed E-state index contributed by atoms with van der Waals surface area (Å²) in [7, 11) is 1.90. The van der Waals surface area contributed by atoms with E-state index in [0.29, 0.717) is 6.61 Å². The van der Waals surface area contributed by atoms with Gasteiger partial charge in [-0.1, -0.05) is 18.2 Å². The highest BCUT2D eigenvalue weighted by Crippen LogP contribution is 2.32. The van der Waals surface area contributed by atoms with Crippen molar-refractivity contribution in [2.45, 2.75) is 18.1 Å². The zero-order valence-corrected chi connectivity index (χ0v) is 11.5. The van der Waals surface area contributed by atoms with Gasteiger partial charge in [0.25, 0.3) is 0 Å². The molecule has 5 heteroatoms. The molecule has 1 aromatic carbocycles. The number of fused-ring (bicyclic) bond motifs is 1. The van der Waals surface area contributed by atoms with Crippen molar-refractivity contribution in [2.24, 2.45) is 0 Å². The summed E-state index contributed by atoms with van der Waals surface area (Å²) in [6, 6.07) is 9.74. The van der Waals surface area contributed by atoms with Crippen molar-refractivity contribution in [3.05, 3.63) is 47.4 Å². The van der Waals surface area contributed by atoms with Gasteiger partial charge in [0, 0.05) is 24.1 Å². The van der Waals surface area contributed by atoms with Gasteiger partial charge in [0.05, 0.1) is 5.69 Å². The van der Waals surface area contributed by atoms with Gasteiger partial charge in [-0.25, -0.2) is 9.97 Å². The van der Waals surface area contributed by atoms with Gasteiger partial charge in [-0.15, -0.1) is 0 Å². The lowest BCUT2D eigenvalue weighted by atomic mass is 10.2. The Labute approximate surface area is 116 Å². The fourth-order valence-electron chi connectivity index (χ4n) is 2.04. The van der Waals surface area contributed by atoms with Crippen LogP contribution in [0, 0.1) is 0 Å². The number of para-hydroxylation sites is 1. The molecule has 0 saturated heterocycles. The minimum atomic E-state index is 0.399. The average molecular weight is 273 g/mol. The second-order valence-electron chi connectivity index (χ2n) is 4.26. The standard InChI is InChI=1S/C14H15N3OS/c1-15-14-11-8-19-9-12(11)16-13(17-14)7-18-10-5-3-2-4-6-10/h2-6H,7-9H2,1H3,(H,15,16,17). The normalized spacial score (nSPS) is 13.1. The maximum absolute atomic E-state index is 5.69. The molecule has 0 radical (unpaired) electrons. The molecule has 0 amide bonds. The van der Waals surface area contributed by atoms with Crippen LogP contribution >= 0.6 is 11.8 Å². The van der Waals surface area contributed by atoms with E-state index in [4.69, 9.17) is 4.74 Å². The van der Waals surface area contributed by atoms with Crippen LogP contribution in [0.3, 0.4) is 0 Å². The molecule has 1 aliphatic rings. The second kappa shape index (κ2) is 5.48. The summed E-state index contributed by atoms with van der Waals surface area (Å²) in [6.07, 6.45) is 0. The predicted octanol–water partition coefficient (Wildman–Crippen LogP) is 2.84. The molecular weight excluding hydrogens is 258 g/mol. The molecule has 2 aromatic rings. The Morgan fingerprint density at radius 2 is 2.05 bits per heavy atom. The number of hydrogen-bond donors (Lipinski definition) is 1. The number of nitrogens with one attached hydrogen (secondary N) is 1. The third-order valence-corrected chi connectivity index (χ3v) is 3.94. The minimum Gasteiger partial charge on any atom is -0.486 e. The van der Waals surface area contributed by atoms with Crippen LogP contribution in [0.4, 0.5) is 5.82 Å². The number of thioether (sulfide) groups is 1. The molecule has 0 unspecified atom stereocenters. The molecule has 2 heterocycles. The number of rotatable bonds is 4. The first-order chi connectivity index (χ1) is 9.36. The third kappa shape index (κ3) is 2.66. The van der Waals surface area contributed by atoms with Gasteiger partial charge in [-0.05, 0) is 12.1 Å². The van der Waals surface area contributed by atoms with Crippen LogP contribution < -0.4 is 10.1 Å². The topological polar surface area (TPSA) is 47.0 Å². The number of anilines is 1. The average Bonchev–Trinajstić information content (AvgIpc) is 2.93. The van der Waals surface area contributed by atoms with Crippen molar-refractivity contribution in [1.82, 2.24) is 9.97 Å². The lowest BCUT2D eigenvalue weighted by Crippen LogP contribution is -2.08. The van der Waals surface area contributed by atoms with Gasteiger partial charge in [0.15, 0.2) is 5.82 Å². The Kier molecular flexibility index (Phi) is 3.55. The molecule has 1 aromatic heterocycles. The molecule has 0 spiro atoms. The number of hydrogen-bond acceptors (Lipinski definition) is 5. The van der Waals surface area contributed by atoms with Crippen LogP contribution in [0.5, 0.6) is 5.75 Å². The van der Waals surface area contributed by atoms with E-state index in [2.05, 4.69) is 15.3 Å². The van der Waals surface area contributed by atoms with Gasteiger partial charge >= 0.3 is 0 Å². The summed E-state index contributed by atoms with van der Waals surface area (Å²) >= 11 is 1.87. The highest BCUT2D eigenvalue weighted by atomic mass is 32.2. The Morgan fingerprint density at radius 1 is 1.21 bits per heavy atom. The molecular formula is C14H15N3OS. The fraction of sp³-hybridized carbons (Fsp3) is 0.286. The zero-order valence-electron chi connectivity index (χ0n) is 10.7. The summed E-state index contributed by atoms with van der Waals surface area (Å²) in [5, 5.41) is 3.15. The first-order valence-electron chi connectivity index (χ1n) is 6.19. The van der Waals surface area contributed by atoms with Gasteiger partial charge in [0.2, 0.25) is 0 Å². The summed E-state index contributed by atoms with van der Waals surface area (Å²) in [5.74, 6) is 4.46. The molecule has 0 bridgehead atoms. The van der Waals surface area contributed by atoms with Crippen molar-refractivity contribution in [3.63, 3.8) is 0 Å². The minimum absolute atomic E-state index is 0.399. The third-order valence-electron chi connectivity index (χ3n) is 2.97. The van der Waals surface area contributed by atoms with Gasteiger partial charge in [-0.2, -0.15) is 11.8 Å². The molecule has 3 rings (SSSR count). The summed E-state index contributed by atoms with van der Waals surface area (Å²) < 4.78 is 5.69. The maximum Gasteiger partial charge on any atom is 0.168 e. The molecule has 0 fully saturated rings. The number of benzene rings is 1. The van der Waals surface area contributed by atoms with E-state index in [-0.39, 0.29) is 0 Å². The molecule has 19 heavy (non-hydrogen) atoms. The van der Waals surface area contributed by atoms with E-state index in [9.17, 15) is 0 Å². The van der Waals surface area contributed by atoms with Gasteiger partial charge in [0.1, 0.15) is 18.2 Å². The number of nitrogens with zero attached hydrogens (tertiary/aromatic N) is 2. The van der Waals surface area contributed by atoms with Crippen molar-refractivity contribution in [2.75, 3.05) is 12.4 Å². The van der Waals surface area contributed by atoms with E-state index in [0.717, 1.165) is 34.6 Å². The molecule has 98 valence electrons. The molecule has 1 aliphatic heterocycles. The van der Waals surface area contributed by atoms with Crippen molar-refractivity contribution in [1.29, 1.82) is 0 Å². The molecule has 0 atom stereocenters. The lowest BCUT2D eigenvalue weighted by Gasteiger charge is -2.10. The van der Waals surface area contributed by atoms with Crippen LogP contribution in [0.1, 0.15) is 17.1 Å². The van der Waals surface area contributed by atoms with E-state index in [1.165, 1.54) is 5.56 Å². The Morgan fingerprint density at radius 3 is 2.84 bits per heavy atom. The van der Waals surface area contributed by atoms with E-state index < -0.39 is 0 Å². The number of ether oxygens (including phenoxy) is 1.